The summed E-state index contributed by atoms with van der Waals surface area (Å²) < 4.78 is 5.51. The zero-order chi connectivity index (χ0) is 21.6. The first kappa shape index (κ1) is 20.9. The number of thiophene rings is 1. The minimum absolute atomic E-state index is 0.210. The number of aryl methyl sites for hydroxylation is 1. The molecule has 0 aliphatic carbocycles. The molecule has 2 aromatic heterocycles. The van der Waals surface area contributed by atoms with E-state index >= 15 is 0 Å². The van der Waals surface area contributed by atoms with Crippen molar-refractivity contribution in [1.29, 1.82) is 0 Å². The number of aromatic nitrogens is 1. The molecule has 7 heteroatoms. The van der Waals surface area contributed by atoms with E-state index in [1.807, 2.05) is 36.4 Å². The Morgan fingerprint density at radius 1 is 1.06 bits per heavy atom. The summed E-state index contributed by atoms with van der Waals surface area (Å²) in [6.45, 7) is 0.453. The van der Waals surface area contributed by atoms with E-state index in [9.17, 15) is 14.4 Å². The number of fused-ring (bicyclic) bond motifs is 1. The van der Waals surface area contributed by atoms with Crippen molar-refractivity contribution in [3.8, 4) is 0 Å². The Morgan fingerprint density at radius 2 is 1.90 bits per heavy atom. The van der Waals surface area contributed by atoms with Crippen molar-refractivity contribution in [2.45, 2.75) is 31.8 Å². The minimum atomic E-state index is -0.815. The quantitative estimate of drug-likeness (QED) is 0.246. The van der Waals surface area contributed by atoms with E-state index < -0.39 is 23.7 Å². The van der Waals surface area contributed by atoms with Gasteiger partial charge in [0.15, 0.2) is 0 Å². The first-order valence-corrected chi connectivity index (χ1v) is 11.0. The van der Waals surface area contributed by atoms with Gasteiger partial charge in [0.1, 0.15) is 6.04 Å². The van der Waals surface area contributed by atoms with E-state index in [1.165, 1.54) is 16.2 Å². The van der Waals surface area contributed by atoms with Gasteiger partial charge in [0.2, 0.25) is 0 Å². The number of pyridine rings is 1. The third kappa shape index (κ3) is 4.88. The normalized spacial score (nSPS) is 15.2. The summed E-state index contributed by atoms with van der Waals surface area (Å²) in [5.74, 6) is -1.74. The molecular formula is C24H22N2O4S. The number of esters is 1. The highest BCUT2D eigenvalue weighted by Crippen LogP contribution is 2.25. The van der Waals surface area contributed by atoms with Gasteiger partial charge in [-0.1, -0.05) is 36.4 Å². The van der Waals surface area contributed by atoms with Crippen molar-refractivity contribution in [3.05, 3.63) is 87.9 Å². The maximum absolute atomic E-state index is 13.0. The molecule has 31 heavy (non-hydrogen) atoms. The molecule has 0 spiro atoms. The Labute approximate surface area is 184 Å². The molecule has 1 aromatic carbocycles. The molecular weight excluding hydrogens is 412 g/mol. The molecule has 0 saturated carbocycles. The van der Waals surface area contributed by atoms with Gasteiger partial charge < -0.3 is 9.64 Å². The number of amides is 1. The SMILES string of the molecule is O=C(C(=O)N1Cc2ccccc2CC1C(=O)OCCCc1cccnc1)c1cccs1. The fourth-order valence-corrected chi connectivity index (χ4v) is 4.34. The molecule has 3 aromatic rings. The molecule has 3 heterocycles. The summed E-state index contributed by atoms with van der Waals surface area (Å²) >= 11 is 1.22. The third-order valence-electron chi connectivity index (χ3n) is 5.30. The summed E-state index contributed by atoms with van der Waals surface area (Å²) in [6, 6.07) is 14.0. The van der Waals surface area contributed by atoms with Gasteiger partial charge in [-0.05, 0) is 47.0 Å². The second-order valence-electron chi connectivity index (χ2n) is 7.36. The number of Topliss-reactive ketones (excluding diaryl/α,β-unsaturated/α-hetero) is 1. The fourth-order valence-electron chi connectivity index (χ4n) is 3.68. The molecule has 6 nitrogen and oxygen atoms in total. The highest BCUT2D eigenvalue weighted by Gasteiger charge is 2.38. The van der Waals surface area contributed by atoms with Crippen molar-refractivity contribution >= 4 is 29.0 Å². The Hall–Kier alpha value is -3.32. The first-order chi connectivity index (χ1) is 15.1. The van der Waals surface area contributed by atoms with Crippen LogP contribution in [0.1, 0.15) is 32.8 Å². The zero-order valence-corrected chi connectivity index (χ0v) is 17.7. The number of hydrogen-bond acceptors (Lipinski definition) is 6. The van der Waals surface area contributed by atoms with Crippen LogP contribution in [-0.4, -0.2) is 40.2 Å². The molecule has 1 amide bonds. The van der Waals surface area contributed by atoms with Crippen LogP contribution in [0.4, 0.5) is 0 Å². The lowest BCUT2D eigenvalue weighted by molar-refractivity contribution is -0.155. The lowest BCUT2D eigenvalue weighted by Gasteiger charge is -2.34. The molecule has 0 saturated heterocycles. The monoisotopic (exact) mass is 434 g/mol. The van der Waals surface area contributed by atoms with Crippen LogP contribution in [0.25, 0.3) is 0 Å². The molecule has 1 unspecified atom stereocenters. The lowest BCUT2D eigenvalue weighted by atomic mass is 9.93. The minimum Gasteiger partial charge on any atom is -0.464 e. The van der Waals surface area contributed by atoms with Crippen LogP contribution in [0.15, 0.2) is 66.3 Å². The Morgan fingerprint density at radius 3 is 2.65 bits per heavy atom. The van der Waals surface area contributed by atoms with Crippen molar-refractivity contribution in [3.63, 3.8) is 0 Å². The molecule has 0 N–H and O–H groups in total. The summed E-state index contributed by atoms with van der Waals surface area (Å²) in [5, 5.41) is 1.75. The maximum Gasteiger partial charge on any atom is 0.329 e. The number of rotatable bonds is 7. The van der Waals surface area contributed by atoms with E-state index in [0.29, 0.717) is 17.7 Å². The van der Waals surface area contributed by atoms with Gasteiger partial charge in [-0.15, -0.1) is 11.3 Å². The number of carbonyl (C=O) groups excluding carboxylic acids is 3. The van der Waals surface area contributed by atoms with Crippen LogP contribution in [0, 0.1) is 0 Å². The van der Waals surface area contributed by atoms with Crippen molar-refractivity contribution < 1.29 is 19.1 Å². The van der Waals surface area contributed by atoms with Crippen LogP contribution in [-0.2, 0) is 33.7 Å². The number of hydrogen-bond donors (Lipinski definition) is 0. The Kier molecular flexibility index (Phi) is 6.52. The molecule has 0 radical (unpaired) electrons. The molecule has 1 atom stereocenters. The second-order valence-corrected chi connectivity index (χ2v) is 8.31. The summed E-state index contributed by atoms with van der Waals surface area (Å²) in [7, 11) is 0. The Balaban J connectivity index is 1.45. The van der Waals surface area contributed by atoms with Crippen molar-refractivity contribution in [1.82, 2.24) is 9.88 Å². The molecule has 4 rings (SSSR count). The van der Waals surface area contributed by atoms with Crippen LogP contribution < -0.4 is 0 Å². The van der Waals surface area contributed by atoms with Crippen molar-refractivity contribution in [2.24, 2.45) is 0 Å². The van der Waals surface area contributed by atoms with E-state index in [-0.39, 0.29) is 13.2 Å². The van der Waals surface area contributed by atoms with Crippen LogP contribution in [0.3, 0.4) is 0 Å². The van der Waals surface area contributed by atoms with Crippen LogP contribution >= 0.6 is 11.3 Å². The van der Waals surface area contributed by atoms with Gasteiger partial charge >= 0.3 is 5.97 Å². The van der Waals surface area contributed by atoms with Gasteiger partial charge in [0.25, 0.3) is 11.7 Å². The highest BCUT2D eigenvalue weighted by atomic mass is 32.1. The van der Waals surface area contributed by atoms with E-state index in [2.05, 4.69) is 4.98 Å². The first-order valence-electron chi connectivity index (χ1n) is 10.1. The van der Waals surface area contributed by atoms with Crippen LogP contribution in [0.5, 0.6) is 0 Å². The smallest absolute Gasteiger partial charge is 0.329 e. The number of nitrogens with zero attached hydrogens (tertiary/aromatic N) is 2. The van der Waals surface area contributed by atoms with Crippen LogP contribution in [0.2, 0.25) is 0 Å². The molecule has 0 fully saturated rings. The fraction of sp³-hybridized carbons (Fsp3) is 0.250. The van der Waals surface area contributed by atoms with Gasteiger partial charge in [0, 0.05) is 25.4 Å². The second kappa shape index (κ2) is 9.66. The summed E-state index contributed by atoms with van der Waals surface area (Å²) in [5.41, 5.74) is 3.01. The topological polar surface area (TPSA) is 76.6 Å². The molecule has 1 aliphatic rings. The molecule has 158 valence electrons. The third-order valence-corrected chi connectivity index (χ3v) is 6.17. The predicted molar refractivity (Wildman–Crippen MR) is 117 cm³/mol. The average Bonchev–Trinajstić information content (AvgIpc) is 3.35. The lowest BCUT2D eigenvalue weighted by Crippen LogP contribution is -2.51. The number of ketones is 1. The number of carbonyl (C=O) groups is 3. The number of benzene rings is 1. The van der Waals surface area contributed by atoms with Gasteiger partial charge in [-0.25, -0.2) is 4.79 Å². The Bertz CT molecular complexity index is 1070. The van der Waals surface area contributed by atoms with Crippen molar-refractivity contribution in [2.75, 3.05) is 6.61 Å². The van der Waals surface area contributed by atoms with Gasteiger partial charge in [0.05, 0.1) is 11.5 Å². The number of ether oxygens (including phenoxy) is 1. The van der Waals surface area contributed by atoms with Gasteiger partial charge in [-0.3, -0.25) is 14.6 Å². The zero-order valence-electron chi connectivity index (χ0n) is 16.9. The predicted octanol–water partition coefficient (Wildman–Crippen LogP) is 3.46. The van der Waals surface area contributed by atoms with E-state index in [0.717, 1.165) is 23.1 Å². The summed E-state index contributed by atoms with van der Waals surface area (Å²) in [6.07, 6.45) is 5.24. The molecule has 1 aliphatic heterocycles. The largest absolute Gasteiger partial charge is 0.464 e. The summed E-state index contributed by atoms with van der Waals surface area (Å²) in [4.78, 5) is 44.4. The standard InChI is InChI=1S/C24H22N2O4S/c27-22(21-10-5-13-31-21)23(28)26-16-19-9-2-1-8-18(19)14-20(26)24(29)30-12-4-7-17-6-3-11-25-15-17/h1-3,5-6,8-11,13,15,20H,4,7,12,14,16H2. The molecule has 0 bridgehead atoms. The maximum atomic E-state index is 13.0. The van der Waals surface area contributed by atoms with E-state index in [4.69, 9.17) is 4.74 Å². The average molecular weight is 435 g/mol. The van der Waals surface area contributed by atoms with Gasteiger partial charge in [-0.2, -0.15) is 0 Å². The van der Waals surface area contributed by atoms with E-state index in [1.54, 1.807) is 29.9 Å². The highest BCUT2D eigenvalue weighted by molar-refractivity contribution is 7.13.